The Kier molecular flexibility index (Phi) is 6.68. The van der Waals surface area contributed by atoms with Crippen molar-refractivity contribution in [2.75, 3.05) is 7.11 Å². The maximum absolute atomic E-state index is 14.5. The van der Waals surface area contributed by atoms with E-state index in [-0.39, 0.29) is 24.1 Å². The number of halogens is 2. The van der Waals surface area contributed by atoms with Gasteiger partial charge in [0.15, 0.2) is 5.84 Å². The number of benzene rings is 4. The van der Waals surface area contributed by atoms with Crippen molar-refractivity contribution in [3.63, 3.8) is 0 Å². The molecule has 0 unspecified atom stereocenters. The topological polar surface area (TPSA) is 76.7 Å². The second-order valence-electron chi connectivity index (χ2n) is 8.95. The van der Waals surface area contributed by atoms with Crippen LogP contribution in [0.1, 0.15) is 43.7 Å². The van der Waals surface area contributed by atoms with Gasteiger partial charge in [-0.15, -0.1) is 0 Å². The van der Waals surface area contributed by atoms with E-state index >= 15 is 0 Å². The van der Waals surface area contributed by atoms with E-state index in [0.717, 1.165) is 28.7 Å². The number of carbonyl (C=O) groups excluding carboxylic acids is 1. The zero-order chi connectivity index (χ0) is 25.9. The first-order chi connectivity index (χ1) is 17.9. The predicted octanol–water partition coefficient (Wildman–Crippen LogP) is 5.32. The molecule has 0 aromatic heterocycles. The molecule has 0 saturated heterocycles. The Morgan fingerprint density at radius 3 is 2.32 bits per heavy atom. The average molecular weight is 498 g/mol. The molecular weight excluding hydrogens is 472 g/mol. The molecule has 0 spiro atoms. The van der Waals surface area contributed by atoms with Crippen LogP contribution in [0.3, 0.4) is 0 Å². The van der Waals surface area contributed by atoms with Gasteiger partial charge in [0.05, 0.1) is 0 Å². The fourth-order valence-corrected chi connectivity index (χ4v) is 4.62. The van der Waals surface area contributed by atoms with Crippen molar-refractivity contribution in [2.24, 2.45) is 10.9 Å². The number of fused-ring (bicyclic) bond motifs is 2. The van der Waals surface area contributed by atoms with Crippen molar-refractivity contribution in [1.29, 1.82) is 0 Å². The first kappa shape index (κ1) is 24.2. The number of amides is 1. The Hall–Kier alpha value is -4.52. The number of amidine groups is 1. The van der Waals surface area contributed by atoms with E-state index in [1.165, 1.54) is 24.8 Å². The molecule has 0 fully saturated rings. The maximum Gasteiger partial charge on any atom is 0.251 e. The lowest BCUT2D eigenvalue weighted by atomic mass is 9.83. The highest BCUT2D eigenvalue weighted by molar-refractivity contribution is 5.97. The van der Waals surface area contributed by atoms with Gasteiger partial charge in [0.1, 0.15) is 18.7 Å². The smallest absolute Gasteiger partial charge is 0.251 e. The maximum atomic E-state index is 14.5. The molecule has 7 heteroatoms. The van der Waals surface area contributed by atoms with Crippen LogP contribution in [0.25, 0.3) is 11.1 Å². The summed E-state index contributed by atoms with van der Waals surface area (Å²) in [4.78, 5) is 17.5. The number of nitrogens with zero attached hydrogens (tertiary/aromatic N) is 1. The molecular formula is C30H25F2N3O2. The molecule has 0 saturated carbocycles. The molecule has 1 aliphatic rings. The lowest BCUT2D eigenvalue weighted by Crippen LogP contribution is -2.24. The Labute approximate surface area is 213 Å². The number of rotatable bonds is 6. The van der Waals surface area contributed by atoms with Crippen molar-refractivity contribution in [3.05, 3.63) is 129 Å². The molecule has 5 rings (SSSR count). The normalized spacial score (nSPS) is 12.5. The van der Waals surface area contributed by atoms with E-state index in [1.54, 1.807) is 30.3 Å². The minimum atomic E-state index is -0.500. The Morgan fingerprint density at radius 2 is 1.57 bits per heavy atom. The lowest BCUT2D eigenvalue weighted by Gasteiger charge is -2.21. The predicted molar refractivity (Wildman–Crippen MR) is 139 cm³/mol. The second kappa shape index (κ2) is 10.2. The van der Waals surface area contributed by atoms with Gasteiger partial charge in [0.25, 0.3) is 5.91 Å². The van der Waals surface area contributed by atoms with E-state index < -0.39 is 5.82 Å². The first-order valence-corrected chi connectivity index (χ1v) is 11.8. The summed E-state index contributed by atoms with van der Waals surface area (Å²) >= 11 is 0. The standard InChI is InChI=1S/C30H25F2N3O2/c1-37-35-29(33)21-9-11-23(28(32)16-21)17-34-30(36)22-10-7-19-12-18-6-8-20(13-24(18)15-25(19)14-22)26-4-2-3-5-27(26)31/h2-11,13-14,16H,12,15,17H2,1H3,(H2,33,35)(H,34,36). The molecule has 0 aliphatic heterocycles. The minimum absolute atomic E-state index is 0.0260. The molecule has 3 N–H and O–H groups in total. The Bertz CT molecular complexity index is 1530. The molecule has 0 heterocycles. The number of nitrogens with two attached hydrogens (primary N) is 1. The van der Waals surface area contributed by atoms with Crippen LogP contribution in [0.4, 0.5) is 8.78 Å². The van der Waals surface area contributed by atoms with Gasteiger partial charge >= 0.3 is 0 Å². The summed E-state index contributed by atoms with van der Waals surface area (Å²) in [5, 5.41) is 6.38. The summed E-state index contributed by atoms with van der Waals surface area (Å²) in [5.74, 6) is -0.985. The van der Waals surface area contributed by atoms with E-state index in [2.05, 4.69) is 21.4 Å². The molecule has 0 radical (unpaired) electrons. The van der Waals surface area contributed by atoms with Gasteiger partial charge in [-0.05, 0) is 64.9 Å². The third-order valence-electron chi connectivity index (χ3n) is 6.60. The van der Waals surface area contributed by atoms with Crippen molar-refractivity contribution in [3.8, 4) is 11.1 Å². The molecule has 1 aliphatic carbocycles. The fraction of sp³-hybridized carbons (Fsp3) is 0.133. The molecule has 37 heavy (non-hydrogen) atoms. The average Bonchev–Trinajstić information content (AvgIpc) is 2.90. The van der Waals surface area contributed by atoms with Gasteiger partial charge in [0.2, 0.25) is 0 Å². The third kappa shape index (κ3) is 5.07. The fourth-order valence-electron chi connectivity index (χ4n) is 4.62. The van der Waals surface area contributed by atoms with Gasteiger partial charge in [-0.1, -0.05) is 59.8 Å². The van der Waals surface area contributed by atoms with Gasteiger partial charge in [-0.25, -0.2) is 8.78 Å². The minimum Gasteiger partial charge on any atom is -0.397 e. The van der Waals surface area contributed by atoms with Crippen LogP contribution < -0.4 is 11.1 Å². The van der Waals surface area contributed by atoms with Crippen LogP contribution in [-0.2, 0) is 24.2 Å². The van der Waals surface area contributed by atoms with Gasteiger partial charge in [-0.3, -0.25) is 4.79 Å². The first-order valence-electron chi connectivity index (χ1n) is 11.8. The van der Waals surface area contributed by atoms with E-state index in [4.69, 9.17) is 5.73 Å². The van der Waals surface area contributed by atoms with E-state index in [0.29, 0.717) is 28.7 Å². The van der Waals surface area contributed by atoms with Crippen LogP contribution in [0, 0.1) is 11.6 Å². The van der Waals surface area contributed by atoms with E-state index in [1.807, 2.05) is 30.3 Å². The van der Waals surface area contributed by atoms with Crippen LogP contribution in [0.5, 0.6) is 0 Å². The number of nitrogens with one attached hydrogen (secondary N) is 1. The molecule has 1 amide bonds. The van der Waals surface area contributed by atoms with Crippen LogP contribution in [0.15, 0.2) is 84.0 Å². The van der Waals surface area contributed by atoms with Crippen LogP contribution in [0.2, 0.25) is 0 Å². The number of hydrogen-bond acceptors (Lipinski definition) is 3. The van der Waals surface area contributed by atoms with Crippen LogP contribution >= 0.6 is 0 Å². The summed E-state index contributed by atoms with van der Waals surface area (Å²) in [7, 11) is 1.36. The summed E-state index contributed by atoms with van der Waals surface area (Å²) in [6.07, 6.45) is 1.39. The number of hydrogen-bond donors (Lipinski definition) is 2. The zero-order valence-corrected chi connectivity index (χ0v) is 20.2. The highest BCUT2D eigenvalue weighted by atomic mass is 19.1. The number of oxime groups is 1. The summed E-state index contributed by atoms with van der Waals surface area (Å²) in [6.45, 7) is 0.0260. The number of carbonyl (C=O) groups is 1. The summed E-state index contributed by atoms with van der Waals surface area (Å²) in [6, 6.07) is 22.8. The van der Waals surface area contributed by atoms with Crippen molar-refractivity contribution >= 4 is 11.7 Å². The van der Waals surface area contributed by atoms with Crippen molar-refractivity contribution in [2.45, 2.75) is 19.4 Å². The molecule has 0 bridgehead atoms. The van der Waals surface area contributed by atoms with Crippen LogP contribution in [-0.4, -0.2) is 18.9 Å². The largest absolute Gasteiger partial charge is 0.397 e. The summed E-state index contributed by atoms with van der Waals surface area (Å²) < 4.78 is 28.8. The Balaban J connectivity index is 1.30. The van der Waals surface area contributed by atoms with Crippen molar-refractivity contribution in [1.82, 2.24) is 5.32 Å². The quantitative estimate of drug-likeness (QED) is 0.189. The molecule has 0 atom stereocenters. The SMILES string of the molecule is CO/N=C(\N)c1ccc(CNC(=O)c2ccc3c(c2)Cc2cc(-c4ccccc4F)ccc2C3)c(F)c1. The monoisotopic (exact) mass is 497 g/mol. The van der Waals surface area contributed by atoms with Crippen molar-refractivity contribution < 1.29 is 18.4 Å². The third-order valence-corrected chi connectivity index (χ3v) is 6.60. The van der Waals surface area contributed by atoms with Gasteiger partial charge in [0, 0.05) is 28.8 Å². The molecule has 4 aromatic carbocycles. The zero-order valence-electron chi connectivity index (χ0n) is 20.2. The Morgan fingerprint density at radius 1 is 0.865 bits per heavy atom. The second-order valence-corrected chi connectivity index (χ2v) is 8.95. The molecule has 4 aromatic rings. The van der Waals surface area contributed by atoms with E-state index in [9.17, 15) is 13.6 Å². The molecule has 186 valence electrons. The highest BCUT2D eigenvalue weighted by Crippen LogP contribution is 2.32. The molecule has 5 nitrogen and oxygen atoms in total. The lowest BCUT2D eigenvalue weighted by molar-refractivity contribution is 0.0950. The van der Waals surface area contributed by atoms with Gasteiger partial charge < -0.3 is 15.9 Å². The summed E-state index contributed by atoms with van der Waals surface area (Å²) in [5.41, 5.74) is 12.9. The van der Waals surface area contributed by atoms with Gasteiger partial charge in [-0.2, -0.15) is 0 Å². The highest BCUT2D eigenvalue weighted by Gasteiger charge is 2.19.